The lowest BCUT2D eigenvalue weighted by atomic mass is 10.2. The lowest BCUT2D eigenvalue weighted by molar-refractivity contribution is -0.111. The number of nitrogens with zero attached hydrogens (tertiary/aromatic N) is 5. The number of para-hydroxylation sites is 1. The van der Waals surface area contributed by atoms with Crippen LogP contribution in [0.2, 0.25) is 0 Å². The molecule has 20 heavy (non-hydrogen) atoms. The van der Waals surface area contributed by atoms with Gasteiger partial charge in [-0.25, -0.2) is 0 Å². The Bertz CT molecular complexity index is 621. The van der Waals surface area contributed by atoms with Crippen LogP contribution in [-0.4, -0.2) is 50.9 Å². The van der Waals surface area contributed by atoms with E-state index in [-0.39, 0.29) is 11.7 Å². The van der Waals surface area contributed by atoms with E-state index in [0.717, 1.165) is 5.69 Å². The molecule has 0 saturated carbocycles. The zero-order chi connectivity index (χ0) is 14.5. The van der Waals surface area contributed by atoms with Gasteiger partial charge in [0, 0.05) is 20.3 Å². The van der Waals surface area contributed by atoms with E-state index in [1.807, 2.05) is 44.4 Å². The number of tetrazole rings is 1. The summed E-state index contributed by atoms with van der Waals surface area (Å²) in [5.74, 6) is 0.0179. The van der Waals surface area contributed by atoms with Crippen molar-refractivity contribution in [1.29, 1.82) is 0 Å². The predicted octanol–water partition coefficient (Wildman–Crippen LogP) is 1.37. The van der Waals surface area contributed by atoms with E-state index in [2.05, 4.69) is 15.5 Å². The van der Waals surface area contributed by atoms with Gasteiger partial charge in [0.2, 0.25) is 0 Å². The zero-order valence-corrected chi connectivity index (χ0v) is 11.9. The second-order valence-electron chi connectivity index (χ2n) is 4.31. The summed E-state index contributed by atoms with van der Waals surface area (Å²) in [5.41, 5.74) is 1.15. The molecule has 2 rings (SSSR count). The van der Waals surface area contributed by atoms with Gasteiger partial charge in [-0.1, -0.05) is 18.2 Å². The van der Waals surface area contributed by atoms with Crippen molar-refractivity contribution in [2.75, 3.05) is 20.0 Å². The van der Waals surface area contributed by atoms with Crippen LogP contribution >= 0.6 is 11.6 Å². The van der Waals surface area contributed by atoms with Crippen molar-refractivity contribution in [1.82, 2.24) is 25.1 Å². The molecule has 0 aliphatic carbocycles. The van der Waals surface area contributed by atoms with Gasteiger partial charge >= 0.3 is 0 Å². The maximum absolute atomic E-state index is 12.0. The zero-order valence-electron chi connectivity index (χ0n) is 11.2. The average molecular weight is 292 g/mol. The topological polar surface area (TPSA) is 63.9 Å². The summed E-state index contributed by atoms with van der Waals surface area (Å²) in [5, 5.41) is 11.5. The Balaban J connectivity index is 2.52. The number of aromatic nitrogens is 4. The Morgan fingerprint density at radius 3 is 2.65 bits per heavy atom. The minimum Gasteiger partial charge on any atom is -0.383 e. The molecular weight excluding hydrogens is 278 g/mol. The molecule has 104 valence electrons. The summed E-state index contributed by atoms with van der Waals surface area (Å²) in [7, 11) is 3.64. The highest BCUT2D eigenvalue weighted by Crippen LogP contribution is 2.17. The van der Waals surface area contributed by atoms with Gasteiger partial charge in [0.1, 0.15) is 0 Å². The van der Waals surface area contributed by atoms with Crippen LogP contribution in [0.15, 0.2) is 36.5 Å². The number of benzene rings is 1. The van der Waals surface area contributed by atoms with Gasteiger partial charge in [-0.2, -0.15) is 4.68 Å². The molecule has 1 heterocycles. The molecule has 0 spiro atoms. The van der Waals surface area contributed by atoms with Gasteiger partial charge in [0.15, 0.2) is 11.6 Å². The van der Waals surface area contributed by atoms with E-state index in [4.69, 9.17) is 11.6 Å². The monoisotopic (exact) mass is 291 g/mol. The van der Waals surface area contributed by atoms with E-state index in [1.54, 1.807) is 11.1 Å². The third kappa shape index (κ3) is 3.03. The fraction of sp³-hybridized carbons (Fsp3) is 0.231. The maximum Gasteiger partial charge on any atom is 0.192 e. The molecule has 7 heteroatoms. The van der Waals surface area contributed by atoms with E-state index < -0.39 is 0 Å². The van der Waals surface area contributed by atoms with Crippen LogP contribution in [0, 0.1) is 0 Å². The quantitative estimate of drug-likeness (QED) is 0.615. The van der Waals surface area contributed by atoms with Crippen LogP contribution in [-0.2, 0) is 4.79 Å². The van der Waals surface area contributed by atoms with Crippen LogP contribution in [0.5, 0.6) is 0 Å². The molecule has 1 aromatic heterocycles. The molecule has 0 saturated heterocycles. The lowest BCUT2D eigenvalue weighted by Crippen LogP contribution is -2.14. The van der Waals surface area contributed by atoms with E-state index in [9.17, 15) is 4.79 Å². The largest absolute Gasteiger partial charge is 0.383 e. The lowest BCUT2D eigenvalue weighted by Gasteiger charge is -2.10. The Labute approximate surface area is 121 Å². The van der Waals surface area contributed by atoms with Crippen molar-refractivity contribution in [2.24, 2.45) is 0 Å². The second-order valence-corrected chi connectivity index (χ2v) is 4.58. The van der Waals surface area contributed by atoms with Crippen molar-refractivity contribution < 1.29 is 4.79 Å². The summed E-state index contributed by atoms with van der Waals surface area (Å²) in [6.45, 7) is 0. The van der Waals surface area contributed by atoms with Crippen LogP contribution in [0.3, 0.4) is 0 Å². The first-order chi connectivity index (χ1) is 9.63. The minimum atomic E-state index is -0.229. The third-order valence-electron chi connectivity index (χ3n) is 2.52. The number of carbonyl (C=O) groups is 1. The predicted molar refractivity (Wildman–Crippen MR) is 76.5 cm³/mol. The van der Waals surface area contributed by atoms with Crippen molar-refractivity contribution >= 4 is 23.0 Å². The van der Waals surface area contributed by atoms with Gasteiger partial charge in [-0.05, 0) is 22.6 Å². The molecule has 0 aliphatic rings. The van der Waals surface area contributed by atoms with E-state index in [0.29, 0.717) is 11.4 Å². The summed E-state index contributed by atoms with van der Waals surface area (Å²) in [6.07, 6.45) is 1.66. The number of hydrogen-bond acceptors (Lipinski definition) is 5. The molecule has 0 unspecified atom stereocenters. The van der Waals surface area contributed by atoms with Crippen molar-refractivity contribution in [3.8, 4) is 5.69 Å². The molecule has 1 aromatic carbocycles. The highest BCUT2D eigenvalue weighted by molar-refractivity contribution is 6.37. The molecule has 0 radical (unpaired) electrons. The normalized spacial score (nSPS) is 11.4. The Morgan fingerprint density at radius 1 is 1.35 bits per heavy atom. The molecule has 0 N–H and O–H groups in total. The Hall–Kier alpha value is -2.21. The number of alkyl halides is 1. The number of carbonyl (C=O) groups excluding carboxylic acids is 1. The molecule has 0 bridgehead atoms. The van der Waals surface area contributed by atoms with Crippen molar-refractivity contribution in [3.05, 3.63) is 42.4 Å². The van der Waals surface area contributed by atoms with E-state index in [1.165, 1.54) is 4.68 Å². The number of hydrogen-bond donors (Lipinski definition) is 0. The van der Waals surface area contributed by atoms with Gasteiger partial charge < -0.3 is 4.90 Å². The van der Waals surface area contributed by atoms with Gasteiger partial charge in [0.05, 0.1) is 17.1 Å². The fourth-order valence-corrected chi connectivity index (χ4v) is 1.83. The highest BCUT2D eigenvalue weighted by Gasteiger charge is 2.19. The summed E-state index contributed by atoms with van der Waals surface area (Å²) in [4.78, 5) is 13.7. The molecule has 2 aromatic rings. The maximum atomic E-state index is 12.0. The number of rotatable bonds is 5. The molecular formula is C13H14ClN5O. The van der Waals surface area contributed by atoms with Crippen molar-refractivity contribution in [2.45, 2.75) is 0 Å². The van der Waals surface area contributed by atoms with Gasteiger partial charge in [-0.3, -0.25) is 4.79 Å². The fourth-order valence-electron chi connectivity index (χ4n) is 1.68. The van der Waals surface area contributed by atoms with Crippen LogP contribution in [0.1, 0.15) is 5.82 Å². The smallest absolute Gasteiger partial charge is 0.192 e. The standard InChI is InChI=1S/C13H14ClN5O/c1-18(2)9-11(12(20)8-14)13-15-16-17-19(13)10-6-4-3-5-7-10/h3-7,9H,8H2,1-2H3/b11-9+. The van der Waals surface area contributed by atoms with Crippen molar-refractivity contribution in [3.63, 3.8) is 0 Å². The Morgan fingerprint density at radius 2 is 2.05 bits per heavy atom. The number of allylic oxidation sites excluding steroid dienone is 1. The molecule has 6 nitrogen and oxygen atoms in total. The number of ketones is 1. The van der Waals surface area contributed by atoms with Crippen LogP contribution < -0.4 is 0 Å². The first-order valence-electron chi connectivity index (χ1n) is 5.95. The number of Topliss-reactive ketones (excluding diaryl/α,β-unsaturated/α-hetero) is 1. The van der Waals surface area contributed by atoms with E-state index >= 15 is 0 Å². The summed E-state index contributed by atoms with van der Waals surface area (Å²) >= 11 is 5.66. The van der Waals surface area contributed by atoms with Crippen LogP contribution in [0.25, 0.3) is 11.3 Å². The Kier molecular flexibility index (Phi) is 4.47. The first kappa shape index (κ1) is 14.2. The second kappa shape index (κ2) is 6.29. The highest BCUT2D eigenvalue weighted by atomic mass is 35.5. The van der Waals surface area contributed by atoms with Gasteiger partial charge in [-0.15, -0.1) is 16.7 Å². The molecule has 0 aliphatic heterocycles. The minimum absolute atomic E-state index is 0.124. The molecule has 0 fully saturated rings. The average Bonchev–Trinajstić information content (AvgIpc) is 2.93. The van der Waals surface area contributed by atoms with Gasteiger partial charge in [0.25, 0.3) is 0 Å². The first-order valence-corrected chi connectivity index (χ1v) is 6.48. The summed E-state index contributed by atoms with van der Waals surface area (Å²) < 4.78 is 1.51. The third-order valence-corrected chi connectivity index (χ3v) is 2.76. The SMILES string of the molecule is CN(C)/C=C(\C(=O)CCl)c1nnnn1-c1ccccc1. The molecule has 0 amide bonds. The summed E-state index contributed by atoms with van der Waals surface area (Å²) in [6, 6.07) is 9.36. The molecule has 0 atom stereocenters. The van der Waals surface area contributed by atoms with Crippen LogP contribution in [0.4, 0.5) is 0 Å². The number of halogens is 1.